The highest BCUT2D eigenvalue weighted by Crippen LogP contribution is 2.00. The Morgan fingerprint density at radius 2 is 1.20 bits per heavy atom. The summed E-state index contributed by atoms with van der Waals surface area (Å²) in [6, 6.07) is 0. The van der Waals surface area contributed by atoms with Crippen molar-refractivity contribution in [3.63, 3.8) is 0 Å². The van der Waals surface area contributed by atoms with Gasteiger partial charge in [-0.2, -0.15) is 0 Å². The topological polar surface area (TPSA) is 114 Å². The van der Waals surface area contributed by atoms with Crippen LogP contribution in [-0.2, 0) is 9.53 Å². The molecule has 0 spiro atoms. The van der Waals surface area contributed by atoms with Crippen molar-refractivity contribution in [3.05, 3.63) is 0 Å². The summed E-state index contributed by atoms with van der Waals surface area (Å²) in [5.41, 5.74) is 16.8. The molecule has 0 aromatic carbocycles. The maximum absolute atomic E-state index is 11.7. The Bertz CT molecular complexity index is 310. The number of hydrogen-bond donors (Lipinski definition) is 3. The highest BCUT2D eigenvalue weighted by Gasteiger charge is 2.11. The molecule has 8 nitrogen and oxygen atoms in total. The van der Waals surface area contributed by atoms with Gasteiger partial charge in [0.05, 0.1) is 6.54 Å². The monoisotopic (exact) mass is 360 g/mol. The highest BCUT2D eigenvalue weighted by molar-refractivity contribution is 5.71. The first kappa shape index (κ1) is 24.2. The van der Waals surface area contributed by atoms with E-state index in [2.05, 4.69) is 9.80 Å². The van der Waals surface area contributed by atoms with Crippen molar-refractivity contribution in [2.24, 2.45) is 17.2 Å². The number of hydrogen-bond acceptors (Lipinski definition) is 8. The molecule has 0 aliphatic rings. The Kier molecular flexibility index (Phi) is 16.2. The summed E-state index contributed by atoms with van der Waals surface area (Å²) in [4.78, 5) is 18.1. The molecule has 25 heavy (non-hydrogen) atoms. The molecule has 6 N–H and O–H groups in total. The van der Waals surface area contributed by atoms with Crippen molar-refractivity contribution in [3.8, 4) is 0 Å². The molecule has 0 amide bonds. The van der Waals surface area contributed by atoms with Crippen molar-refractivity contribution < 1.29 is 9.53 Å². The van der Waals surface area contributed by atoms with Gasteiger partial charge in [-0.15, -0.1) is 0 Å². The van der Waals surface area contributed by atoms with Crippen LogP contribution in [0, 0.1) is 0 Å². The molecule has 0 rings (SSSR count). The molecule has 0 saturated heterocycles. The summed E-state index contributed by atoms with van der Waals surface area (Å²) < 4.78 is 5.36. The molecule has 8 heteroatoms. The molecular weight excluding hydrogens is 320 g/mol. The van der Waals surface area contributed by atoms with Crippen LogP contribution in [0.5, 0.6) is 0 Å². The van der Waals surface area contributed by atoms with Crippen LogP contribution < -0.4 is 17.2 Å². The number of esters is 1. The number of nitrogens with zero attached hydrogens (tertiary/aromatic N) is 3. The van der Waals surface area contributed by atoms with Gasteiger partial charge >= 0.3 is 5.97 Å². The number of carbonyl (C=O) groups is 1. The zero-order valence-electron chi connectivity index (χ0n) is 16.3. The molecule has 0 heterocycles. The predicted molar refractivity (Wildman–Crippen MR) is 103 cm³/mol. The average molecular weight is 361 g/mol. The fourth-order valence-electron chi connectivity index (χ4n) is 2.51. The number of nitrogens with two attached hydrogens (primary N) is 3. The summed E-state index contributed by atoms with van der Waals surface area (Å²) >= 11 is 0. The minimum Gasteiger partial charge on any atom is -0.449 e. The van der Waals surface area contributed by atoms with Crippen LogP contribution in [0.1, 0.15) is 25.7 Å². The number of ether oxygens (including phenoxy) is 1. The van der Waals surface area contributed by atoms with Crippen LogP contribution in [0.15, 0.2) is 0 Å². The van der Waals surface area contributed by atoms with Crippen LogP contribution in [-0.4, -0.2) is 100 Å². The van der Waals surface area contributed by atoms with E-state index in [1.54, 1.807) is 4.90 Å². The standard InChI is InChI=1S/C17H40N6O2/c1-21(2)15-17(24)25-16-23(12-5-9-20)14-6-13-22(10-3-7-18)11-4-8-19/h3-16,18-20H2,1-2H3. The number of likely N-dealkylation sites (N-methyl/N-ethyl adjacent to an activating group) is 1. The normalized spacial score (nSPS) is 11.7. The summed E-state index contributed by atoms with van der Waals surface area (Å²) in [7, 11) is 3.70. The Hall–Kier alpha value is -0.770. The third kappa shape index (κ3) is 15.2. The molecule has 0 fully saturated rings. The summed E-state index contributed by atoms with van der Waals surface area (Å²) in [5, 5.41) is 0. The lowest BCUT2D eigenvalue weighted by Gasteiger charge is -2.25. The smallest absolute Gasteiger partial charge is 0.321 e. The minimum atomic E-state index is -0.199. The van der Waals surface area contributed by atoms with E-state index in [1.807, 2.05) is 14.1 Å². The van der Waals surface area contributed by atoms with E-state index in [0.717, 1.165) is 58.4 Å². The first-order valence-corrected chi connectivity index (χ1v) is 9.38. The predicted octanol–water partition coefficient (Wildman–Crippen LogP) is -0.911. The van der Waals surface area contributed by atoms with Gasteiger partial charge in [0.2, 0.25) is 0 Å². The average Bonchev–Trinajstić information content (AvgIpc) is 2.57. The number of rotatable bonds is 17. The van der Waals surface area contributed by atoms with Crippen LogP contribution in [0.3, 0.4) is 0 Å². The van der Waals surface area contributed by atoms with Crippen LogP contribution >= 0.6 is 0 Å². The van der Waals surface area contributed by atoms with Gasteiger partial charge in [0.25, 0.3) is 0 Å². The van der Waals surface area contributed by atoms with Crippen LogP contribution in [0.2, 0.25) is 0 Å². The zero-order chi connectivity index (χ0) is 18.9. The molecule has 0 radical (unpaired) electrons. The largest absolute Gasteiger partial charge is 0.449 e. The van der Waals surface area contributed by atoms with Gasteiger partial charge in [-0.3, -0.25) is 14.6 Å². The van der Waals surface area contributed by atoms with Crippen molar-refractivity contribution in [1.29, 1.82) is 0 Å². The highest BCUT2D eigenvalue weighted by atomic mass is 16.5. The van der Waals surface area contributed by atoms with Crippen molar-refractivity contribution >= 4 is 5.97 Å². The molecule has 0 aliphatic carbocycles. The first-order valence-electron chi connectivity index (χ1n) is 9.38. The van der Waals surface area contributed by atoms with Crippen LogP contribution in [0.25, 0.3) is 0 Å². The van der Waals surface area contributed by atoms with E-state index in [0.29, 0.717) is 32.9 Å². The second-order valence-corrected chi connectivity index (χ2v) is 6.62. The third-order valence-electron chi connectivity index (χ3n) is 3.84. The second kappa shape index (κ2) is 16.7. The fraction of sp³-hybridized carbons (Fsp3) is 0.941. The minimum absolute atomic E-state index is 0.199. The Morgan fingerprint density at radius 1 is 0.760 bits per heavy atom. The lowest BCUT2D eigenvalue weighted by atomic mass is 10.3. The van der Waals surface area contributed by atoms with Crippen molar-refractivity contribution in [1.82, 2.24) is 14.7 Å². The van der Waals surface area contributed by atoms with Gasteiger partial charge in [0.1, 0.15) is 6.73 Å². The summed E-state index contributed by atoms with van der Waals surface area (Å²) in [6.45, 7) is 7.46. The van der Waals surface area contributed by atoms with Crippen LogP contribution in [0.4, 0.5) is 0 Å². The molecule has 0 unspecified atom stereocenters. The molecular formula is C17H40N6O2. The van der Waals surface area contributed by atoms with Crippen molar-refractivity contribution in [2.45, 2.75) is 25.7 Å². The molecule has 0 atom stereocenters. The van der Waals surface area contributed by atoms with Gasteiger partial charge < -0.3 is 26.8 Å². The molecule has 0 bridgehead atoms. The van der Waals surface area contributed by atoms with E-state index >= 15 is 0 Å². The van der Waals surface area contributed by atoms with E-state index < -0.39 is 0 Å². The quantitative estimate of drug-likeness (QED) is 0.226. The Balaban J connectivity index is 4.22. The first-order chi connectivity index (χ1) is 12.0. The van der Waals surface area contributed by atoms with E-state index in [4.69, 9.17) is 21.9 Å². The maximum atomic E-state index is 11.7. The van der Waals surface area contributed by atoms with Gasteiger partial charge in [-0.25, -0.2) is 0 Å². The van der Waals surface area contributed by atoms with E-state index in [1.165, 1.54) is 0 Å². The van der Waals surface area contributed by atoms with E-state index in [-0.39, 0.29) is 5.97 Å². The van der Waals surface area contributed by atoms with Gasteiger partial charge in [0.15, 0.2) is 0 Å². The lowest BCUT2D eigenvalue weighted by molar-refractivity contribution is -0.149. The molecule has 0 aliphatic heterocycles. The molecule has 0 saturated carbocycles. The second-order valence-electron chi connectivity index (χ2n) is 6.62. The summed E-state index contributed by atoms with van der Waals surface area (Å²) in [6.07, 6.45) is 3.92. The molecule has 0 aromatic rings. The summed E-state index contributed by atoms with van der Waals surface area (Å²) in [5.74, 6) is -0.199. The fourth-order valence-corrected chi connectivity index (χ4v) is 2.51. The van der Waals surface area contributed by atoms with Gasteiger partial charge in [-0.1, -0.05) is 0 Å². The Morgan fingerprint density at radius 3 is 1.68 bits per heavy atom. The zero-order valence-corrected chi connectivity index (χ0v) is 16.3. The molecule has 0 aromatic heterocycles. The van der Waals surface area contributed by atoms with Crippen molar-refractivity contribution in [2.75, 3.05) is 79.7 Å². The third-order valence-corrected chi connectivity index (χ3v) is 3.84. The Labute approximate surface area is 153 Å². The van der Waals surface area contributed by atoms with Gasteiger partial charge in [-0.05, 0) is 79.0 Å². The number of carbonyl (C=O) groups excluding carboxylic acids is 1. The maximum Gasteiger partial charge on any atom is 0.321 e. The van der Waals surface area contributed by atoms with E-state index in [9.17, 15) is 4.79 Å². The van der Waals surface area contributed by atoms with Gasteiger partial charge in [0, 0.05) is 13.1 Å². The molecule has 150 valence electrons. The SMILES string of the molecule is CN(C)CC(=O)OCN(CCCN)CCCN(CCCN)CCCN. The lowest BCUT2D eigenvalue weighted by Crippen LogP contribution is -2.36.